The number of ether oxygens (including phenoxy) is 2. The number of nitrogen functional groups attached to an aromatic ring is 1. The average Bonchev–Trinajstić information content (AvgIpc) is 3.28. The third kappa shape index (κ3) is 4.98. The molecule has 0 aliphatic heterocycles. The van der Waals surface area contributed by atoms with Crippen LogP contribution < -0.4 is 26.2 Å². The normalized spacial score (nSPS) is 11.5. The quantitative estimate of drug-likeness (QED) is 0.171. The molecule has 0 aliphatic rings. The molecule has 0 saturated heterocycles. The van der Waals surface area contributed by atoms with Crippen molar-refractivity contribution >= 4 is 17.5 Å². The maximum atomic E-state index is 15.3. The SMILES string of the molecule is COc1cc(F)c([C@H](Nc2ccc(C(=N)N)cc2)c2nn(-c3ccccc3C(=O)O)c(=O)[nH]2)cc1OC. The van der Waals surface area contributed by atoms with Crippen molar-refractivity contribution in [2.24, 2.45) is 5.73 Å². The number of nitrogens with two attached hydrogens (primary N) is 1. The zero-order valence-corrected chi connectivity index (χ0v) is 19.8. The van der Waals surface area contributed by atoms with E-state index < -0.39 is 23.5 Å². The topological polar surface area (TPSA) is 168 Å². The maximum absolute atomic E-state index is 15.3. The predicted octanol–water partition coefficient (Wildman–Crippen LogP) is 2.90. The third-order valence-corrected chi connectivity index (χ3v) is 5.59. The van der Waals surface area contributed by atoms with Gasteiger partial charge >= 0.3 is 11.7 Å². The fourth-order valence-electron chi connectivity index (χ4n) is 3.77. The van der Waals surface area contributed by atoms with Crippen molar-refractivity contribution in [3.05, 3.63) is 99.5 Å². The average molecular weight is 506 g/mol. The lowest BCUT2D eigenvalue weighted by atomic mass is 10.0. The third-order valence-electron chi connectivity index (χ3n) is 5.59. The number of carboxylic acids is 1. The number of nitrogens with one attached hydrogen (secondary N) is 3. The van der Waals surface area contributed by atoms with Crippen LogP contribution in [0.1, 0.15) is 33.4 Å². The van der Waals surface area contributed by atoms with Gasteiger partial charge in [-0.25, -0.2) is 14.0 Å². The van der Waals surface area contributed by atoms with E-state index in [1.165, 1.54) is 38.5 Å². The molecule has 1 atom stereocenters. The van der Waals surface area contributed by atoms with Gasteiger partial charge in [-0.1, -0.05) is 12.1 Å². The number of aromatic nitrogens is 3. The van der Waals surface area contributed by atoms with Crippen LogP contribution in [0.4, 0.5) is 10.1 Å². The van der Waals surface area contributed by atoms with E-state index in [0.717, 1.165) is 10.7 Å². The lowest BCUT2D eigenvalue weighted by molar-refractivity contribution is 0.0696. The molecule has 0 saturated carbocycles. The number of anilines is 1. The molecule has 3 aromatic carbocycles. The molecule has 0 amide bonds. The van der Waals surface area contributed by atoms with Gasteiger partial charge in [0.2, 0.25) is 0 Å². The van der Waals surface area contributed by atoms with Gasteiger partial charge in [0.1, 0.15) is 17.7 Å². The summed E-state index contributed by atoms with van der Waals surface area (Å²) >= 11 is 0. The standard InChI is InChI=1S/C25H23FN6O5/c1-36-19-11-16(17(26)12-20(19)37-2)21(29-14-9-7-13(8-10-14)22(27)28)23-30-25(35)32(31-23)18-6-4-3-5-15(18)24(33)34/h3-12,21,29H,1-2H3,(H3,27,28)(H,33,34)(H,30,31,35)/t21-/m0/s1. The Balaban J connectivity index is 1.86. The number of aromatic carboxylic acids is 1. The zero-order valence-electron chi connectivity index (χ0n) is 19.8. The minimum absolute atomic E-state index is 0.00644. The number of aromatic amines is 1. The molecule has 0 bridgehead atoms. The van der Waals surface area contributed by atoms with Crippen molar-refractivity contribution in [1.82, 2.24) is 14.8 Å². The number of rotatable bonds is 9. The van der Waals surface area contributed by atoms with Gasteiger partial charge in [0.05, 0.1) is 25.5 Å². The van der Waals surface area contributed by atoms with Crippen LogP contribution in [-0.4, -0.2) is 45.9 Å². The van der Waals surface area contributed by atoms with Gasteiger partial charge in [-0.05, 0) is 42.5 Å². The number of benzene rings is 3. The van der Waals surface area contributed by atoms with Crippen LogP contribution in [0.3, 0.4) is 0 Å². The second-order valence-corrected chi connectivity index (χ2v) is 7.85. The lowest BCUT2D eigenvalue weighted by Gasteiger charge is -2.20. The van der Waals surface area contributed by atoms with Gasteiger partial charge in [0.25, 0.3) is 0 Å². The van der Waals surface area contributed by atoms with Crippen molar-refractivity contribution in [1.29, 1.82) is 5.41 Å². The van der Waals surface area contributed by atoms with Gasteiger partial charge < -0.3 is 25.6 Å². The van der Waals surface area contributed by atoms with Gasteiger partial charge in [-0.3, -0.25) is 10.4 Å². The Hall–Kier alpha value is -5.13. The van der Waals surface area contributed by atoms with Crippen molar-refractivity contribution in [3.8, 4) is 17.2 Å². The molecule has 190 valence electrons. The molecule has 4 rings (SSSR count). The number of methoxy groups -OCH3 is 2. The van der Waals surface area contributed by atoms with Crippen LogP contribution in [-0.2, 0) is 0 Å². The van der Waals surface area contributed by atoms with Crippen LogP contribution in [0.5, 0.6) is 11.5 Å². The predicted molar refractivity (Wildman–Crippen MR) is 134 cm³/mol. The number of hydrogen-bond donors (Lipinski definition) is 5. The summed E-state index contributed by atoms with van der Waals surface area (Å²) in [6, 6.07) is 13.9. The highest BCUT2D eigenvalue weighted by Crippen LogP contribution is 2.35. The smallest absolute Gasteiger partial charge is 0.348 e. The molecule has 0 unspecified atom stereocenters. The van der Waals surface area contributed by atoms with Crippen molar-refractivity contribution in [2.45, 2.75) is 6.04 Å². The first kappa shape index (κ1) is 25.0. The summed E-state index contributed by atoms with van der Waals surface area (Å²) in [6.45, 7) is 0. The summed E-state index contributed by atoms with van der Waals surface area (Å²) in [5.41, 5.74) is 5.78. The summed E-state index contributed by atoms with van der Waals surface area (Å²) in [6.07, 6.45) is 0. The molecule has 11 nitrogen and oxygen atoms in total. The van der Waals surface area contributed by atoms with Crippen LogP contribution in [0.2, 0.25) is 0 Å². The van der Waals surface area contributed by atoms with E-state index >= 15 is 4.39 Å². The number of H-pyrrole nitrogens is 1. The second-order valence-electron chi connectivity index (χ2n) is 7.85. The Morgan fingerprint density at radius 2 is 1.78 bits per heavy atom. The zero-order chi connectivity index (χ0) is 26.7. The van der Waals surface area contributed by atoms with Gasteiger partial charge in [-0.2, -0.15) is 4.68 Å². The summed E-state index contributed by atoms with van der Waals surface area (Å²) < 4.78 is 26.8. The molecule has 12 heteroatoms. The van der Waals surface area contributed by atoms with Crippen molar-refractivity contribution in [2.75, 3.05) is 19.5 Å². The van der Waals surface area contributed by atoms with Crippen LogP contribution in [0.25, 0.3) is 5.69 Å². The maximum Gasteiger partial charge on any atom is 0.348 e. The highest BCUT2D eigenvalue weighted by molar-refractivity contribution is 5.95. The molecule has 1 heterocycles. The van der Waals surface area contributed by atoms with E-state index in [1.54, 1.807) is 30.3 Å². The number of carboxylic acid groups (broad SMARTS) is 1. The van der Waals surface area contributed by atoms with Crippen molar-refractivity contribution < 1.29 is 23.8 Å². The van der Waals surface area contributed by atoms with E-state index in [1.807, 2.05) is 0 Å². The lowest BCUT2D eigenvalue weighted by Crippen LogP contribution is -2.18. The van der Waals surface area contributed by atoms with Crippen LogP contribution in [0.15, 0.2) is 65.5 Å². The Morgan fingerprint density at radius 3 is 2.41 bits per heavy atom. The summed E-state index contributed by atoms with van der Waals surface area (Å²) in [7, 11) is 2.78. The monoisotopic (exact) mass is 506 g/mol. The molecule has 6 N–H and O–H groups in total. The first-order chi connectivity index (χ1) is 17.7. The number of para-hydroxylation sites is 1. The fraction of sp³-hybridized carbons (Fsp3) is 0.120. The van der Waals surface area contributed by atoms with Crippen LogP contribution >= 0.6 is 0 Å². The molecule has 0 spiro atoms. The van der Waals surface area contributed by atoms with Gasteiger partial charge in [-0.15, -0.1) is 5.10 Å². The molecule has 4 aromatic rings. The highest BCUT2D eigenvalue weighted by Gasteiger charge is 2.26. The number of amidine groups is 1. The number of nitrogens with zero attached hydrogens (tertiary/aromatic N) is 2. The second kappa shape index (κ2) is 10.2. The van der Waals surface area contributed by atoms with E-state index in [4.69, 9.17) is 20.6 Å². The molecular formula is C25H23FN6O5. The Kier molecular flexibility index (Phi) is 6.91. The van der Waals surface area contributed by atoms with E-state index in [9.17, 15) is 14.7 Å². The molecule has 1 aromatic heterocycles. The largest absolute Gasteiger partial charge is 0.493 e. The fourth-order valence-corrected chi connectivity index (χ4v) is 3.77. The van der Waals surface area contributed by atoms with Gasteiger partial charge in [0.15, 0.2) is 17.3 Å². The first-order valence-electron chi connectivity index (χ1n) is 10.9. The van der Waals surface area contributed by atoms with E-state index in [-0.39, 0.29) is 40.0 Å². The first-order valence-corrected chi connectivity index (χ1v) is 10.9. The Labute approximate surface area is 209 Å². The van der Waals surface area contributed by atoms with Crippen LogP contribution in [0, 0.1) is 11.2 Å². The Bertz CT molecular complexity index is 1530. The molecule has 0 fully saturated rings. The van der Waals surface area contributed by atoms with Gasteiger partial charge in [0, 0.05) is 22.9 Å². The minimum Gasteiger partial charge on any atom is -0.493 e. The molecule has 37 heavy (non-hydrogen) atoms. The van der Waals surface area contributed by atoms with Crippen molar-refractivity contribution in [3.63, 3.8) is 0 Å². The Morgan fingerprint density at radius 1 is 1.14 bits per heavy atom. The molecule has 0 radical (unpaired) electrons. The van der Waals surface area contributed by atoms with E-state index in [0.29, 0.717) is 11.3 Å². The molecular weight excluding hydrogens is 483 g/mol. The number of carbonyl (C=O) groups is 1. The van der Waals surface area contributed by atoms with E-state index in [2.05, 4.69) is 15.4 Å². The molecule has 0 aliphatic carbocycles. The highest BCUT2D eigenvalue weighted by atomic mass is 19.1. The summed E-state index contributed by atoms with van der Waals surface area (Å²) in [4.78, 5) is 27.2. The number of halogens is 1. The number of hydrogen-bond acceptors (Lipinski definition) is 7. The summed E-state index contributed by atoms with van der Waals surface area (Å²) in [5.74, 6) is -1.60. The summed E-state index contributed by atoms with van der Waals surface area (Å²) in [5, 5.41) is 24.6. The minimum atomic E-state index is -1.24.